The number of hydrogen-bond acceptors (Lipinski definition) is 9. The summed E-state index contributed by atoms with van der Waals surface area (Å²) in [6, 6.07) is 0. The number of ether oxygens (including phenoxy) is 1. The Morgan fingerprint density at radius 3 is 2.78 bits per heavy atom. The van der Waals surface area contributed by atoms with Crippen LogP contribution in [0.3, 0.4) is 0 Å². The van der Waals surface area contributed by atoms with Crippen molar-refractivity contribution in [3.63, 3.8) is 0 Å². The van der Waals surface area contributed by atoms with Crippen molar-refractivity contribution in [1.29, 1.82) is 0 Å². The van der Waals surface area contributed by atoms with Crippen molar-refractivity contribution < 1.29 is 13.7 Å². The van der Waals surface area contributed by atoms with Crippen molar-refractivity contribution in [1.82, 2.24) is 25.3 Å². The number of aryl methyl sites for hydroxylation is 3. The molecule has 0 spiro atoms. The molecule has 1 amide bonds. The van der Waals surface area contributed by atoms with E-state index >= 15 is 0 Å². The molecule has 0 radical (unpaired) electrons. The lowest BCUT2D eigenvalue weighted by Crippen LogP contribution is -2.54. The Kier molecular flexibility index (Phi) is 5.45. The molecule has 10 nitrogen and oxygen atoms in total. The van der Waals surface area contributed by atoms with Gasteiger partial charge < -0.3 is 20.3 Å². The molecular formula is C26H31N7O3S. The number of rotatable bonds is 6. The Bertz CT molecular complexity index is 1340. The lowest BCUT2D eigenvalue weighted by molar-refractivity contribution is 0.163. The molecule has 1 saturated carbocycles. The van der Waals surface area contributed by atoms with Crippen LogP contribution in [0, 0.1) is 11.8 Å². The van der Waals surface area contributed by atoms with E-state index in [4.69, 9.17) is 19.7 Å². The second-order valence-corrected chi connectivity index (χ2v) is 12.4. The summed E-state index contributed by atoms with van der Waals surface area (Å²) in [5.41, 5.74) is 4.33. The molecule has 194 valence electrons. The molecule has 11 heteroatoms. The maximum Gasteiger partial charge on any atom is 0.406 e. The van der Waals surface area contributed by atoms with Gasteiger partial charge in [0.25, 0.3) is 0 Å². The van der Waals surface area contributed by atoms with Crippen molar-refractivity contribution in [2.45, 2.75) is 55.4 Å². The van der Waals surface area contributed by atoms with Crippen LogP contribution in [0.25, 0.3) is 5.57 Å². The number of nitrogens with one attached hydrogen (secondary N) is 2. The van der Waals surface area contributed by atoms with Crippen molar-refractivity contribution in [2.75, 3.05) is 42.7 Å². The smallest absolute Gasteiger partial charge is 0.406 e. The Balaban J connectivity index is 1.12. The predicted molar refractivity (Wildman–Crippen MR) is 139 cm³/mol. The van der Waals surface area contributed by atoms with Gasteiger partial charge in [-0.3, -0.25) is 4.21 Å². The summed E-state index contributed by atoms with van der Waals surface area (Å²) in [5, 5.41) is 6.42. The van der Waals surface area contributed by atoms with Gasteiger partial charge in [0.05, 0.1) is 29.1 Å². The fourth-order valence-electron chi connectivity index (χ4n) is 6.26. The zero-order chi connectivity index (χ0) is 25.1. The first kappa shape index (κ1) is 23.1. The van der Waals surface area contributed by atoms with Gasteiger partial charge in [0.15, 0.2) is 5.82 Å². The van der Waals surface area contributed by atoms with Gasteiger partial charge in [-0.2, -0.15) is 4.98 Å². The third-order valence-corrected chi connectivity index (χ3v) is 10.1. The van der Waals surface area contributed by atoms with E-state index in [0.717, 1.165) is 68.0 Å². The standard InChI is InChI=1S/C26H31N7O3S/c1-36-25(34)28-14-26(6-2-7-26)32-23-21-20(5-8-37(21)35)30-24(31-23)33-12-17-9-16(10-18(17)13-33)22-27-11-15-3-4-19(15)29-22/h9,11,17-18H,2-8,10,12-14H2,1H3,(H,28,34)(H,30,31,32). The highest BCUT2D eigenvalue weighted by Crippen LogP contribution is 2.43. The highest BCUT2D eigenvalue weighted by Gasteiger charge is 2.42. The van der Waals surface area contributed by atoms with Gasteiger partial charge in [-0.1, -0.05) is 6.08 Å². The second kappa shape index (κ2) is 8.75. The quantitative estimate of drug-likeness (QED) is 0.589. The Morgan fingerprint density at radius 1 is 1.19 bits per heavy atom. The summed E-state index contributed by atoms with van der Waals surface area (Å²) >= 11 is 0. The molecule has 3 atom stereocenters. The van der Waals surface area contributed by atoms with Crippen LogP contribution in [-0.4, -0.2) is 68.3 Å². The fourth-order valence-corrected chi connectivity index (χ4v) is 7.57. The van der Waals surface area contributed by atoms with Crippen molar-refractivity contribution in [2.24, 2.45) is 11.8 Å². The van der Waals surface area contributed by atoms with Crippen LogP contribution in [0.1, 0.15) is 48.5 Å². The lowest BCUT2D eigenvalue weighted by Gasteiger charge is -2.43. The van der Waals surface area contributed by atoms with Gasteiger partial charge >= 0.3 is 6.09 Å². The molecule has 4 heterocycles. The van der Waals surface area contributed by atoms with Gasteiger partial charge in [0.2, 0.25) is 5.95 Å². The molecule has 7 rings (SSSR count). The van der Waals surface area contributed by atoms with Crippen LogP contribution < -0.4 is 15.5 Å². The third kappa shape index (κ3) is 3.98. The average Bonchev–Trinajstić information content (AvgIpc) is 3.54. The highest BCUT2D eigenvalue weighted by molar-refractivity contribution is 7.85. The predicted octanol–water partition coefficient (Wildman–Crippen LogP) is 2.26. The van der Waals surface area contributed by atoms with E-state index in [2.05, 4.69) is 26.6 Å². The zero-order valence-corrected chi connectivity index (χ0v) is 21.8. The minimum absolute atomic E-state index is 0.309. The summed E-state index contributed by atoms with van der Waals surface area (Å²) in [6.45, 7) is 2.17. The van der Waals surface area contributed by atoms with Crippen LogP contribution in [0.2, 0.25) is 0 Å². The summed E-state index contributed by atoms with van der Waals surface area (Å²) in [5.74, 6) is 3.76. The largest absolute Gasteiger partial charge is 0.453 e. The van der Waals surface area contributed by atoms with E-state index in [9.17, 15) is 9.00 Å². The molecule has 2 fully saturated rings. The molecule has 1 saturated heterocycles. The maximum absolute atomic E-state index is 12.9. The number of carbonyl (C=O) groups is 1. The fraction of sp³-hybridized carbons (Fsp3) is 0.577. The van der Waals surface area contributed by atoms with E-state index in [1.807, 2.05) is 6.20 Å². The van der Waals surface area contributed by atoms with Crippen LogP contribution in [0.15, 0.2) is 17.2 Å². The molecule has 3 unspecified atom stereocenters. The van der Waals surface area contributed by atoms with Crippen molar-refractivity contribution in [3.05, 3.63) is 35.0 Å². The van der Waals surface area contributed by atoms with Gasteiger partial charge in [-0.05, 0) is 61.5 Å². The molecule has 2 aliphatic heterocycles. The lowest BCUT2D eigenvalue weighted by atomic mass is 9.76. The zero-order valence-electron chi connectivity index (χ0n) is 21.0. The molecule has 2 aromatic rings. The van der Waals surface area contributed by atoms with Crippen molar-refractivity contribution in [3.8, 4) is 0 Å². The molecule has 0 aromatic carbocycles. The summed E-state index contributed by atoms with van der Waals surface area (Å²) in [7, 11) is 0.248. The minimum atomic E-state index is -1.12. The summed E-state index contributed by atoms with van der Waals surface area (Å²) in [6.07, 6.45) is 10.6. The first-order chi connectivity index (χ1) is 18.0. The van der Waals surface area contributed by atoms with Crippen LogP contribution in [-0.2, 0) is 34.8 Å². The molecule has 2 N–H and O–H groups in total. The van der Waals surface area contributed by atoms with Crippen LogP contribution in [0.5, 0.6) is 0 Å². The van der Waals surface area contributed by atoms with E-state index < -0.39 is 16.9 Å². The number of hydrogen-bond donors (Lipinski definition) is 2. The van der Waals surface area contributed by atoms with Gasteiger partial charge in [0, 0.05) is 43.7 Å². The van der Waals surface area contributed by atoms with Crippen LogP contribution in [0.4, 0.5) is 16.6 Å². The van der Waals surface area contributed by atoms with Crippen molar-refractivity contribution >= 4 is 34.2 Å². The van der Waals surface area contributed by atoms with E-state index in [1.54, 1.807) is 0 Å². The second-order valence-electron chi connectivity index (χ2n) is 10.9. The number of nitrogens with zero attached hydrogens (tertiary/aromatic N) is 5. The monoisotopic (exact) mass is 521 g/mol. The van der Waals surface area contributed by atoms with Gasteiger partial charge in [-0.25, -0.2) is 19.7 Å². The SMILES string of the molecule is COC(=O)NCC1(Nc2nc(N3CC4C=C(c5ncc6c(n5)CC6)CC4C3)nc3c2S(=O)CC3)CCC1. The minimum Gasteiger partial charge on any atom is -0.453 e. The van der Waals surface area contributed by atoms with E-state index in [-0.39, 0.29) is 5.54 Å². The Labute approximate surface area is 218 Å². The van der Waals surface area contributed by atoms with Crippen LogP contribution >= 0.6 is 0 Å². The van der Waals surface area contributed by atoms with E-state index in [1.165, 1.54) is 23.9 Å². The van der Waals surface area contributed by atoms with Gasteiger partial charge in [0.1, 0.15) is 10.7 Å². The number of alkyl carbamates (subject to hydrolysis) is 1. The van der Waals surface area contributed by atoms with Gasteiger partial charge in [-0.15, -0.1) is 0 Å². The normalized spacial score (nSPS) is 26.4. The molecule has 0 bridgehead atoms. The molecular weight excluding hydrogens is 490 g/mol. The number of anilines is 2. The Morgan fingerprint density at radius 2 is 2.08 bits per heavy atom. The molecule has 5 aliphatic rings. The number of methoxy groups -OCH3 is 1. The number of carbonyl (C=O) groups excluding carboxylic acids is 1. The van der Waals surface area contributed by atoms with E-state index in [0.29, 0.717) is 42.3 Å². The number of amides is 1. The number of aromatic nitrogens is 4. The summed E-state index contributed by atoms with van der Waals surface area (Å²) < 4.78 is 17.6. The molecule has 3 aliphatic carbocycles. The summed E-state index contributed by atoms with van der Waals surface area (Å²) in [4.78, 5) is 34.0. The number of fused-ring (bicyclic) bond motifs is 3. The number of allylic oxidation sites excluding steroid dienone is 1. The first-order valence-corrected chi connectivity index (χ1v) is 14.5. The average molecular weight is 522 g/mol. The molecule has 2 aromatic heterocycles. The maximum atomic E-state index is 12.9. The third-order valence-electron chi connectivity index (χ3n) is 8.67. The Hall–Kier alpha value is -3.08. The topological polar surface area (TPSA) is 122 Å². The molecule has 37 heavy (non-hydrogen) atoms. The highest BCUT2D eigenvalue weighted by atomic mass is 32.2. The first-order valence-electron chi connectivity index (χ1n) is 13.2.